The Bertz CT molecular complexity index is 512. The van der Waals surface area contributed by atoms with Crippen LogP contribution in [0.1, 0.15) is 5.01 Å². The van der Waals surface area contributed by atoms with E-state index in [0.717, 1.165) is 35.9 Å². The monoisotopic (exact) mass is 265 g/mol. The molecule has 0 spiro atoms. The van der Waals surface area contributed by atoms with Crippen molar-refractivity contribution in [3.8, 4) is 5.75 Å². The molecule has 0 atom stereocenters. The van der Waals surface area contributed by atoms with Gasteiger partial charge in [0.15, 0.2) is 0 Å². The molecule has 0 bridgehead atoms. The third-order valence-electron chi connectivity index (χ3n) is 2.79. The molecule has 5 heteroatoms. The van der Waals surface area contributed by atoms with Crippen LogP contribution in [0.2, 0.25) is 0 Å². The number of likely N-dealkylation sites (N-methyl/N-ethyl adjacent to an activating group) is 2. The first kappa shape index (κ1) is 13.3. The van der Waals surface area contributed by atoms with Gasteiger partial charge in [-0.15, -0.1) is 11.3 Å². The molecule has 0 radical (unpaired) electrons. The van der Waals surface area contributed by atoms with Crippen LogP contribution in [-0.4, -0.2) is 44.2 Å². The molecule has 2 aromatic rings. The molecule has 0 saturated heterocycles. The molecule has 1 aromatic heterocycles. The molecule has 0 saturated carbocycles. The van der Waals surface area contributed by atoms with Gasteiger partial charge in [0, 0.05) is 13.1 Å². The first-order valence-electron chi connectivity index (χ1n) is 5.99. The van der Waals surface area contributed by atoms with Crippen molar-refractivity contribution in [2.24, 2.45) is 0 Å². The minimum Gasteiger partial charge on any atom is -0.497 e. The normalized spacial score (nSPS) is 11.3. The maximum absolute atomic E-state index is 5.23. The van der Waals surface area contributed by atoms with E-state index in [4.69, 9.17) is 4.74 Å². The van der Waals surface area contributed by atoms with E-state index in [1.807, 2.05) is 25.2 Å². The van der Waals surface area contributed by atoms with Gasteiger partial charge in [0.25, 0.3) is 0 Å². The Balaban J connectivity index is 2.09. The van der Waals surface area contributed by atoms with Crippen molar-refractivity contribution < 1.29 is 4.74 Å². The van der Waals surface area contributed by atoms with Crippen LogP contribution in [-0.2, 0) is 6.54 Å². The van der Waals surface area contributed by atoms with Gasteiger partial charge >= 0.3 is 0 Å². The second kappa shape index (κ2) is 6.13. The van der Waals surface area contributed by atoms with Crippen LogP contribution in [0.25, 0.3) is 10.2 Å². The molecule has 0 fully saturated rings. The van der Waals surface area contributed by atoms with Crippen molar-refractivity contribution in [1.82, 2.24) is 15.2 Å². The van der Waals surface area contributed by atoms with E-state index in [9.17, 15) is 0 Å². The van der Waals surface area contributed by atoms with E-state index in [2.05, 4.69) is 22.2 Å². The van der Waals surface area contributed by atoms with Gasteiger partial charge in [-0.2, -0.15) is 0 Å². The minimum atomic E-state index is 0.890. The molecule has 0 aliphatic carbocycles. The van der Waals surface area contributed by atoms with Crippen LogP contribution in [0, 0.1) is 0 Å². The molecule has 18 heavy (non-hydrogen) atoms. The molecule has 1 N–H and O–H groups in total. The summed E-state index contributed by atoms with van der Waals surface area (Å²) in [6.45, 7) is 2.91. The van der Waals surface area contributed by atoms with E-state index in [1.54, 1.807) is 18.4 Å². The number of nitrogens with zero attached hydrogens (tertiary/aromatic N) is 2. The van der Waals surface area contributed by atoms with Gasteiger partial charge in [-0.25, -0.2) is 4.98 Å². The summed E-state index contributed by atoms with van der Waals surface area (Å²) in [6, 6.07) is 6.02. The number of thiazole rings is 1. The third kappa shape index (κ3) is 3.19. The Morgan fingerprint density at radius 3 is 3.00 bits per heavy atom. The zero-order chi connectivity index (χ0) is 13.0. The summed E-state index contributed by atoms with van der Waals surface area (Å²) in [7, 11) is 5.77. The summed E-state index contributed by atoms with van der Waals surface area (Å²) in [5, 5.41) is 4.30. The zero-order valence-corrected chi connectivity index (χ0v) is 11.9. The minimum absolute atomic E-state index is 0.890. The second-order valence-electron chi connectivity index (χ2n) is 4.28. The Morgan fingerprint density at radius 1 is 1.44 bits per heavy atom. The zero-order valence-electron chi connectivity index (χ0n) is 11.1. The molecular weight excluding hydrogens is 246 g/mol. The van der Waals surface area contributed by atoms with Crippen LogP contribution in [0.15, 0.2) is 18.2 Å². The maximum Gasteiger partial charge on any atom is 0.120 e. The van der Waals surface area contributed by atoms with Crippen molar-refractivity contribution in [3.05, 3.63) is 23.2 Å². The lowest BCUT2D eigenvalue weighted by molar-refractivity contribution is 0.328. The maximum atomic E-state index is 5.23. The fourth-order valence-corrected chi connectivity index (χ4v) is 2.84. The number of hydrogen-bond donors (Lipinski definition) is 1. The number of fused-ring (bicyclic) bond motifs is 1. The molecule has 0 amide bonds. The molecule has 1 heterocycles. The van der Waals surface area contributed by atoms with Gasteiger partial charge in [0.05, 0.1) is 23.9 Å². The third-order valence-corrected chi connectivity index (χ3v) is 3.79. The highest BCUT2D eigenvalue weighted by Gasteiger charge is 2.07. The van der Waals surface area contributed by atoms with Crippen molar-refractivity contribution in [3.63, 3.8) is 0 Å². The van der Waals surface area contributed by atoms with Gasteiger partial charge < -0.3 is 10.1 Å². The summed E-state index contributed by atoms with van der Waals surface area (Å²) in [5.41, 5.74) is 1.05. The number of hydrogen-bond acceptors (Lipinski definition) is 5. The van der Waals surface area contributed by atoms with E-state index >= 15 is 0 Å². The molecule has 1 aromatic carbocycles. The number of benzene rings is 1. The van der Waals surface area contributed by atoms with Gasteiger partial charge in [-0.3, -0.25) is 4.90 Å². The number of methoxy groups -OCH3 is 1. The number of aromatic nitrogens is 1. The average molecular weight is 265 g/mol. The highest BCUT2D eigenvalue weighted by molar-refractivity contribution is 7.18. The van der Waals surface area contributed by atoms with Crippen LogP contribution in [0.3, 0.4) is 0 Å². The standard InChI is InChI=1S/C13H19N3OS/c1-14-6-7-16(2)9-13-15-11-5-4-10(17-3)8-12(11)18-13/h4-5,8,14H,6-7,9H2,1-3H3. The van der Waals surface area contributed by atoms with E-state index in [1.165, 1.54) is 4.70 Å². The summed E-state index contributed by atoms with van der Waals surface area (Å²) in [6.07, 6.45) is 0. The summed E-state index contributed by atoms with van der Waals surface area (Å²) < 4.78 is 6.41. The highest BCUT2D eigenvalue weighted by Crippen LogP contribution is 2.26. The van der Waals surface area contributed by atoms with Gasteiger partial charge in [0.2, 0.25) is 0 Å². The van der Waals surface area contributed by atoms with Crippen molar-refractivity contribution in [1.29, 1.82) is 0 Å². The number of rotatable bonds is 6. The molecule has 98 valence electrons. The van der Waals surface area contributed by atoms with E-state index in [0.29, 0.717) is 0 Å². The number of ether oxygens (including phenoxy) is 1. The Kier molecular flexibility index (Phi) is 4.52. The van der Waals surface area contributed by atoms with Crippen LogP contribution in [0.4, 0.5) is 0 Å². The fourth-order valence-electron chi connectivity index (χ4n) is 1.76. The first-order chi connectivity index (χ1) is 8.72. The predicted octanol–water partition coefficient (Wildman–Crippen LogP) is 1.96. The second-order valence-corrected chi connectivity index (χ2v) is 5.40. The smallest absolute Gasteiger partial charge is 0.120 e. The SMILES string of the molecule is CNCCN(C)Cc1nc2ccc(OC)cc2s1. The van der Waals surface area contributed by atoms with Gasteiger partial charge in [-0.05, 0) is 32.3 Å². The molecular formula is C13H19N3OS. The van der Waals surface area contributed by atoms with Gasteiger partial charge in [-0.1, -0.05) is 0 Å². The van der Waals surface area contributed by atoms with E-state index in [-0.39, 0.29) is 0 Å². The summed E-state index contributed by atoms with van der Waals surface area (Å²) >= 11 is 1.74. The average Bonchev–Trinajstić information content (AvgIpc) is 2.77. The molecule has 0 aliphatic heterocycles. The van der Waals surface area contributed by atoms with Crippen molar-refractivity contribution in [2.45, 2.75) is 6.54 Å². The summed E-state index contributed by atoms with van der Waals surface area (Å²) in [4.78, 5) is 6.91. The van der Waals surface area contributed by atoms with E-state index < -0.39 is 0 Å². The first-order valence-corrected chi connectivity index (χ1v) is 6.81. The molecule has 0 aliphatic rings. The number of nitrogens with one attached hydrogen (secondary N) is 1. The largest absolute Gasteiger partial charge is 0.497 e. The molecule has 0 unspecified atom stereocenters. The quantitative estimate of drug-likeness (QED) is 0.866. The van der Waals surface area contributed by atoms with Gasteiger partial charge in [0.1, 0.15) is 10.8 Å². The Morgan fingerprint density at radius 2 is 2.28 bits per heavy atom. The molecule has 2 rings (SSSR count). The Hall–Kier alpha value is -1.17. The predicted molar refractivity (Wildman–Crippen MR) is 76.4 cm³/mol. The van der Waals surface area contributed by atoms with Crippen LogP contribution >= 0.6 is 11.3 Å². The van der Waals surface area contributed by atoms with Crippen molar-refractivity contribution >= 4 is 21.6 Å². The Labute approximate surface area is 112 Å². The fraction of sp³-hybridized carbons (Fsp3) is 0.462. The van der Waals surface area contributed by atoms with Crippen LogP contribution in [0.5, 0.6) is 5.75 Å². The topological polar surface area (TPSA) is 37.4 Å². The lowest BCUT2D eigenvalue weighted by Crippen LogP contribution is -2.26. The van der Waals surface area contributed by atoms with Crippen molar-refractivity contribution in [2.75, 3.05) is 34.3 Å². The lowest BCUT2D eigenvalue weighted by Gasteiger charge is -2.13. The summed E-state index contributed by atoms with van der Waals surface area (Å²) in [5.74, 6) is 0.890. The highest BCUT2D eigenvalue weighted by atomic mass is 32.1. The van der Waals surface area contributed by atoms with Crippen LogP contribution < -0.4 is 10.1 Å². The lowest BCUT2D eigenvalue weighted by atomic mass is 10.3. The molecule has 4 nitrogen and oxygen atoms in total.